The van der Waals surface area contributed by atoms with Crippen LogP contribution in [0.5, 0.6) is 5.75 Å². The predicted molar refractivity (Wildman–Crippen MR) is 106 cm³/mol. The summed E-state index contributed by atoms with van der Waals surface area (Å²) >= 11 is 0. The van der Waals surface area contributed by atoms with Crippen molar-refractivity contribution in [2.24, 2.45) is 5.92 Å². The number of hydrogen-bond acceptors (Lipinski definition) is 7. The zero-order valence-electron chi connectivity index (χ0n) is 19.0. The van der Waals surface area contributed by atoms with Gasteiger partial charge in [-0.3, -0.25) is 0 Å². The Bertz CT molecular complexity index is 1030. The zero-order valence-corrected chi connectivity index (χ0v) is 23.0. The molecule has 1 heterocycles. The van der Waals surface area contributed by atoms with E-state index >= 15 is 0 Å². The Morgan fingerprint density at radius 1 is 0.969 bits per heavy atom. The van der Waals surface area contributed by atoms with Crippen molar-refractivity contribution in [3.05, 3.63) is 47.9 Å². The Balaban J connectivity index is 0.00000256. The molecule has 0 fully saturated rings. The molecule has 0 amide bonds. The van der Waals surface area contributed by atoms with Crippen LogP contribution in [0, 0.1) is 19.8 Å². The van der Waals surface area contributed by atoms with Crippen LogP contribution in [0.1, 0.15) is 37.1 Å². The van der Waals surface area contributed by atoms with E-state index in [4.69, 9.17) is 9.15 Å². The van der Waals surface area contributed by atoms with Crippen LogP contribution in [0.25, 0.3) is 22.2 Å². The predicted octanol–water partition coefficient (Wildman–Crippen LogP) is -3.83. The minimum absolute atomic E-state index is 0. The van der Waals surface area contributed by atoms with E-state index in [1.807, 2.05) is 50.2 Å². The molecule has 7 nitrogen and oxygen atoms in total. The van der Waals surface area contributed by atoms with Crippen LogP contribution in [-0.4, -0.2) is 23.5 Å². The summed E-state index contributed by atoms with van der Waals surface area (Å²) in [5, 5.41) is 23.5. The Labute approximate surface area is 231 Å². The second kappa shape index (κ2) is 13.4. The third kappa shape index (κ3) is 7.61. The molecular formula is C23H23NNa2O6. The molecule has 0 aliphatic rings. The molecule has 0 bridgehead atoms. The molecule has 0 saturated carbocycles. The van der Waals surface area contributed by atoms with E-state index in [1.165, 1.54) is 0 Å². The molecule has 0 aliphatic heterocycles. The maximum atomic E-state index is 10.7. The smallest absolute Gasteiger partial charge is 0.549 e. The minimum atomic E-state index is -1.60. The fraction of sp³-hybridized carbons (Fsp3) is 0.348. The Morgan fingerprint density at radius 2 is 1.62 bits per heavy atom. The number of unbranched alkanes of at least 4 members (excludes halogenated alkanes) is 2. The number of fused-ring (bicyclic) bond motifs is 1. The van der Waals surface area contributed by atoms with Crippen molar-refractivity contribution in [3.63, 3.8) is 0 Å². The fourth-order valence-corrected chi connectivity index (χ4v) is 3.19. The molecule has 0 atom stereocenters. The number of ether oxygens (including phenoxy) is 1. The van der Waals surface area contributed by atoms with Gasteiger partial charge in [-0.05, 0) is 61.7 Å². The van der Waals surface area contributed by atoms with Crippen LogP contribution in [-0.2, 0) is 9.59 Å². The van der Waals surface area contributed by atoms with Crippen LogP contribution in [0.4, 0.5) is 0 Å². The van der Waals surface area contributed by atoms with Crippen molar-refractivity contribution < 1.29 is 88.1 Å². The molecule has 0 unspecified atom stereocenters. The maximum Gasteiger partial charge on any atom is 1.00 e. The van der Waals surface area contributed by atoms with E-state index in [2.05, 4.69) is 4.98 Å². The molecule has 0 radical (unpaired) electrons. The molecule has 2 aromatic carbocycles. The summed E-state index contributed by atoms with van der Waals surface area (Å²) in [6.07, 6.45) is 1.80. The number of nitrogens with zero attached hydrogens (tertiary/aromatic N) is 1. The van der Waals surface area contributed by atoms with Crippen molar-refractivity contribution in [3.8, 4) is 17.2 Å². The number of aliphatic carboxylic acids is 2. The van der Waals surface area contributed by atoms with Crippen LogP contribution < -0.4 is 74.1 Å². The number of aromatic nitrogens is 1. The van der Waals surface area contributed by atoms with E-state index in [0.717, 1.165) is 33.5 Å². The standard InChI is InChI=1S/C23H25NO6.2Na/c1-14-15(2)30-21(24-14)18-8-7-17-13-19(10-9-16(17)12-18)29-11-5-3-4-6-20(22(25)26)23(27)28;;/h7-10,12-13,20H,3-6,11H2,1-2H3,(H,25,26)(H,27,28);;/q;2*+1/p-2. The third-order valence-corrected chi connectivity index (χ3v) is 5.06. The van der Waals surface area contributed by atoms with Crippen molar-refractivity contribution in [2.45, 2.75) is 39.5 Å². The quantitative estimate of drug-likeness (QED) is 0.175. The zero-order chi connectivity index (χ0) is 21.7. The molecule has 9 heteroatoms. The van der Waals surface area contributed by atoms with Gasteiger partial charge in [0.15, 0.2) is 0 Å². The summed E-state index contributed by atoms with van der Waals surface area (Å²) < 4.78 is 11.5. The van der Waals surface area contributed by atoms with Gasteiger partial charge in [0.1, 0.15) is 11.5 Å². The second-order valence-corrected chi connectivity index (χ2v) is 7.27. The summed E-state index contributed by atoms with van der Waals surface area (Å²) in [6.45, 7) is 4.26. The third-order valence-electron chi connectivity index (χ3n) is 5.06. The van der Waals surface area contributed by atoms with Crippen LogP contribution in [0.15, 0.2) is 40.8 Å². The molecule has 0 N–H and O–H groups in total. The number of carboxylic acid groups (broad SMARTS) is 2. The number of carboxylic acids is 2. The Kier molecular flexibility index (Phi) is 12.0. The summed E-state index contributed by atoms with van der Waals surface area (Å²) in [6, 6.07) is 11.8. The van der Waals surface area contributed by atoms with Gasteiger partial charge in [0.05, 0.1) is 24.2 Å². The van der Waals surface area contributed by atoms with Crippen molar-refractivity contribution in [1.29, 1.82) is 0 Å². The van der Waals surface area contributed by atoms with Gasteiger partial charge in [-0.25, -0.2) is 4.98 Å². The van der Waals surface area contributed by atoms with Crippen LogP contribution >= 0.6 is 0 Å². The van der Waals surface area contributed by atoms with Gasteiger partial charge in [-0.15, -0.1) is 0 Å². The van der Waals surface area contributed by atoms with Gasteiger partial charge in [-0.2, -0.15) is 0 Å². The maximum absolute atomic E-state index is 10.7. The van der Waals surface area contributed by atoms with Crippen molar-refractivity contribution >= 4 is 22.7 Å². The van der Waals surface area contributed by atoms with E-state index in [9.17, 15) is 19.8 Å². The van der Waals surface area contributed by atoms with E-state index in [-0.39, 0.29) is 65.5 Å². The van der Waals surface area contributed by atoms with Gasteiger partial charge in [0.25, 0.3) is 0 Å². The van der Waals surface area contributed by atoms with Gasteiger partial charge in [0, 0.05) is 11.5 Å². The van der Waals surface area contributed by atoms with Crippen molar-refractivity contribution in [2.75, 3.05) is 6.61 Å². The number of carbonyl (C=O) groups excluding carboxylic acids is 2. The monoisotopic (exact) mass is 455 g/mol. The summed E-state index contributed by atoms with van der Waals surface area (Å²) in [5.41, 5.74) is 1.79. The molecule has 3 rings (SSSR count). The molecule has 0 saturated heterocycles. The summed E-state index contributed by atoms with van der Waals surface area (Å²) in [5.74, 6) is -2.60. The van der Waals surface area contributed by atoms with E-state index in [1.54, 1.807) is 0 Å². The van der Waals surface area contributed by atoms with Gasteiger partial charge in [0.2, 0.25) is 5.89 Å². The summed E-state index contributed by atoms with van der Waals surface area (Å²) in [7, 11) is 0. The first-order chi connectivity index (χ1) is 14.3. The Hall–Kier alpha value is -1.35. The average Bonchev–Trinajstić information content (AvgIpc) is 3.04. The number of aryl methyl sites for hydroxylation is 2. The molecule has 3 aromatic rings. The molecule has 0 aliphatic carbocycles. The average molecular weight is 455 g/mol. The molecule has 0 spiro atoms. The second-order valence-electron chi connectivity index (χ2n) is 7.27. The van der Waals surface area contributed by atoms with Gasteiger partial charge >= 0.3 is 59.1 Å². The van der Waals surface area contributed by atoms with E-state index < -0.39 is 17.9 Å². The number of carbonyl (C=O) groups is 2. The normalized spacial score (nSPS) is 10.5. The summed E-state index contributed by atoms with van der Waals surface area (Å²) in [4.78, 5) is 25.8. The first-order valence-corrected chi connectivity index (χ1v) is 9.88. The number of benzene rings is 2. The SMILES string of the molecule is Cc1nc(-c2ccc3cc(OCCCCCC(C(=O)[O-])C(=O)[O-])ccc3c2)oc1C.[Na+].[Na+]. The number of rotatable bonds is 10. The van der Waals surface area contributed by atoms with Crippen LogP contribution in [0.2, 0.25) is 0 Å². The first kappa shape index (κ1) is 28.7. The first-order valence-electron chi connectivity index (χ1n) is 9.88. The molecule has 1 aromatic heterocycles. The number of oxazole rings is 1. The van der Waals surface area contributed by atoms with E-state index in [0.29, 0.717) is 31.8 Å². The number of hydrogen-bond donors (Lipinski definition) is 0. The fourth-order valence-electron chi connectivity index (χ4n) is 3.19. The largest absolute Gasteiger partial charge is 1.00 e. The van der Waals surface area contributed by atoms with Crippen molar-refractivity contribution in [1.82, 2.24) is 4.98 Å². The Morgan fingerprint density at radius 3 is 2.25 bits per heavy atom. The van der Waals surface area contributed by atoms with Crippen LogP contribution in [0.3, 0.4) is 0 Å². The van der Waals surface area contributed by atoms with Gasteiger partial charge < -0.3 is 29.0 Å². The van der Waals surface area contributed by atoms with Gasteiger partial charge in [-0.1, -0.05) is 25.0 Å². The molecular weight excluding hydrogens is 432 g/mol. The minimum Gasteiger partial charge on any atom is -0.549 e. The molecule has 32 heavy (non-hydrogen) atoms. The topological polar surface area (TPSA) is 116 Å². The molecule has 158 valence electrons.